The highest BCUT2D eigenvalue weighted by Crippen LogP contribution is 2.32. The van der Waals surface area contributed by atoms with E-state index in [-0.39, 0.29) is 11.3 Å². The second-order valence-electron chi connectivity index (χ2n) is 2.83. The molecule has 17 heavy (non-hydrogen) atoms. The van der Waals surface area contributed by atoms with Gasteiger partial charge in [-0.3, -0.25) is 10.1 Å². The zero-order chi connectivity index (χ0) is 13.2. The summed E-state index contributed by atoms with van der Waals surface area (Å²) in [5, 5.41) is 19.4. The third-order valence-corrected chi connectivity index (χ3v) is 3.20. The third-order valence-electron chi connectivity index (χ3n) is 1.86. The minimum absolute atomic E-state index is 0.221. The van der Waals surface area contributed by atoms with Crippen molar-refractivity contribution in [3.8, 4) is 11.8 Å². The molecule has 0 aliphatic heterocycles. The molecule has 0 aromatic heterocycles. The summed E-state index contributed by atoms with van der Waals surface area (Å²) in [7, 11) is 1.98. The molecular weight excluding hydrogens is 272 g/mol. The highest BCUT2D eigenvalue weighted by molar-refractivity contribution is 8.13. The molecule has 1 rings (SSSR count). The lowest BCUT2D eigenvalue weighted by Gasteiger charge is -2.05. The molecule has 0 heterocycles. The van der Waals surface area contributed by atoms with Gasteiger partial charge in [0.1, 0.15) is 22.3 Å². The van der Waals surface area contributed by atoms with E-state index in [1.165, 1.54) is 0 Å². The molecule has 0 fully saturated rings. The van der Waals surface area contributed by atoms with Crippen molar-refractivity contribution >= 4 is 25.4 Å². The van der Waals surface area contributed by atoms with E-state index in [2.05, 4.69) is 0 Å². The van der Waals surface area contributed by atoms with Crippen molar-refractivity contribution in [3.05, 3.63) is 27.8 Å². The van der Waals surface area contributed by atoms with Gasteiger partial charge in [-0.2, -0.15) is 5.26 Å². The molecule has 0 unspecified atom stereocenters. The molecule has 1 aromatic rings. The first-order valence-electron chi connectivity index (χ1n) is 4.02. The summed E-state index contributed by atoms with van der Waals surface area (Å²) >= 11 is 0. The number of benzene rings is 1. The van der Waals surface area contributed by atoms with Crippen molar-refractivity contribution in [2.45, 2.75) is 4.90 Å². The van der Waals surface area contributed by atoms with Crippen LogP contribution in [0.2, 0.25) is 0 Å². The third kappa shape index (κ3) is 2.64. The van der Waals surface area contributed by atoms with Crippen molar-refractivity contribution in [1.29, 1.82) is 5.26 Å². The molecule has 90 valence electrons. The first kappa shape index (κ1) is 13.2. The van der Waals surface area contributed by atoms with Crippen LogP contribution in [0.1, 0.15) is 5.56 Å². The van der Waals surface area contributed by atoms with Gasteiger partial charge in [0.15, 0.2) is 0 Å². The Morgan fingerprint density at radius 1 is 1.53 bits per heavy atom. The predicted octanol–water partition coefficient (Wildman–Crippen LogP) is 1.40. The maximum Gasteiger partial charge on any atom is 0.274 e. The Bertz CT molecular complexity index is 620. The minimum Gasteiger partial charge on any atom is -0.495 e. The summed E-state index contributed by atoms with van der Waals surface area (Å²) < 4.78 is 27.1. The Balaban J connectivity index is 3.74. The van der Waals surface area contributed by atoms with Crippen LogP contribution in [0.5, 0.6) is 5.75 Å². The van der Waals surface area contributed by atoms with Crippen molar-refractivity contribution in [3.63, 3.8) is 0 Å². The fraction of sp³-hybridized carbons (Fsp3) is 0.125. The molecule has 0 aliphatic rings. The zero-order valence-electron chi connectivity index (χ0n) is 8.38. The van der Waals surface area contributed by atoms with Gasteiger partial charge in [0.25, 0.3) is 14.7 Å². The van der Waals surface area contributed by atoms with E-state index in [1.807, 2.05) is 0 Å². The number of halogens is 1. The van der Waals surface area contributed by atoms with Crippen LogP contribution in [0, 0.1) is 21.4 Å². The van der Waals surface area contributed by atoms with Crippen LogP contribution < -0.4 is 4.74 Å². The summed E-state index contributed by atoms with van der Waals surface area (Å²) in [6.07, 6.45) is 0. The van der Waals surface area contributed by atoms with Crippen molar-refractivity contribution in [1.82, 2.24) is 0 Å². The Kier molecular flexibility index (Phi) is 3.55. The first-order valence-corrected chi connectivity index (χ1v) is 6.33. The Labute approximate surface area is 101 Å². The van der Waals surface area contributed by atoms with Gasteiger partial charge < -0.3 is 4.74 Å². The molecule has 0 saturated heterocycles. The molecule has 0 amide bonds. The standard InChI is InChI=1S/C8H5ClN2O5S/c1-16-7-2-5(11(12)13)3-8(6(7)4-10)17(9,14)15/h2-3H,1H3. The number of non-ortho nitro benzene ring substituents is 1. The highest BCUT2D eigenvalue weighted by Gasteiger charge is 2.24. The number of nitro benzene ring substituents is 1. The maximum absolute atomic E-state index is 11.2. The van der Waals surface area contributed by atoms with Crippen LogP contribution >= 0.6 is 10.7 Å². The predicted molar refractivity (Wildman–Crippen MR) is 57.4 cm³/mol. The molecule has 7 nitrogen and oxygen atoms in total. The molecular formula is C8H5ClN2O5S. The van der Waals surface area contributed by atoms with E-state index in [0.29, 0.717) is 6.07 Å². The highest BCUT2D eigenvalue weighted by atomic mass is 35.7. The van der Waals surface area contributed by atoms with Crippen LogP contribution in [-0.2, 0) is 9.05 Å². The van der Waals surface area contributed by atoms with Gasteiger partial charge in [-0.25, -0.2) is 8.42 Å². The van der Waals surface area contributed by atoms with Crippen LogP contribution in [0.25, 0.3) is 0 Å². The largest absolute Gasteiger partial charge is 0.495 e. The minimum atomic E-state index is -4.27. The monoisotopic (exact) mass is 276 g/mol. The Morgan fingerprint density at radius 2 is 2.12 bits per heavy atom. The molecule has 0 radical (unpaired) electrons. The lowest BCUT2D eigenvalue weighted by atomic mass is 10.2. The summed E-state index contributed by atoms with van der Waals surface area (Å²) in [5.41, 5.74) is -0.895. The van der Waals surface area contributed by atoms with Gasteiger partial charge in [-0.1, -0.05) is 0 Å². The van der Waals surface area contributed by atoms with E-state index in [0.717, 1.165) is 13.2 Å². The summed E-state index contributed by atoms with van der Waals surface area (Å²) in [6.45, 7) is 0. The summed E-state index contributed by atoms with van der Waals surface area (Å²) in [5.74, 6) is -0.221. The summed E-state index contributed by atoms with van der Waals surface area (Å²) in [6, 6.07) is 3.24. The van der Waals surface area contributed by atoms with Crippen LogP contribution in [0.3, 0.4) is 0 Å². The summed E-state index contributed by atoms with van der Waals surface area (Å²) in [4.78, 5) is 9.12. The van der Waals surface area contributed by atoms with Crippen molar-refractivity contribution in [2.24, 2.45) is 0 Å². The van der Waals surface area contributed by atoms with E-state index >= 15 is 0 Å². The van der Waals surface area contributed by atoms with Crippen molar-refractivity contribution in [2.75, 3.05) is 7.11 Å². The van der Waals surface area contributed by atoms with Crippen LogP contribution in [0.15, 0.2) is 17.0 Å². The lowest BCUT2D eigenvalue weighted by Crippen LogP contribution is -2.01. The maximum atomic E-state index is 11.2. The van der Waals surface area contributed by atoms with E-state index in [1.54, 1.807) is 6.07 Å². The fourth-order valence-corrected chi connectivity index (χ4v) is 2.16. The number of nitro groups is 1. The second-order valence-corrected chi connectivity index (χ2v) is 5.36. The second kappa shape index (κ2) is 4.57. The number of ether oxygens (including phenoxy) is 1. The van der Waals surface area contributed by atoms with E-state index in [9.17, 15) is 18.5 Å². The van der Waals surface area contributed by atoms with E-state index in [4.69, 9.17) is 20.7 Å². The molecule has 0 atom stereocenters. The van der Waals surface area contributed by atoms with Gasteiger partial charge in [-0.15, -0.1) is 0 Å². The number of rotatable bonds is 3. The molecule has 9 heteroatoms. The lowest BCUT2D eigenvalue weighted by molar-refractivity contribution is -0.385. The molecule has 0 bridgehead atoms. The molecule has 1 aromatic carbocycles. The average Bonchev–Trinajstić information content (AvgIpc) is 2.25. The topological polar surface area (TPSA) is 110 Å². The average molecular weight is 277 g/mol. The molecule has 0 saturated carbocycles. The van der Waals surface area contributed by atoms with Crippen LogP contribution in [-0.4, -0.2) is 20.5 Å². The molecule has 0 spiro atoms. The number of hydrogen-bond acceptors (Lipinski definition) is 6. The number of hydrogen-bond donors (Lipinski definition) is 0. The fourth-order valence-electron chi connectivity index (χ4n) is 1.14. The number of nitrogens with zero attached hydrogens (tertiary/aromatic N) is 2. The van der Waals surface area contributed by atoms with Gasteiger partial charge in [0.2, 0.25) is 0 Å². The molecule has 0 N–H and O–H groups in total. The Hall–Kier alpha value is -1.85. The van der Waals surface area contributed by atoms with Gasteiger partial charge >= 0.3 is 0 Å². The molecule has 0 aliphatic carbocycles. The quantitative estimate of drug-likeness (QED) is 0.469. The Morgan fingerprint density at radius 3 is 2.47 bits per heavy atom. The SMILES string of the molecule is COc1cc([N+](=O)[O-])cc(S(=O)(=O)Cl)c1C#N. The number of nitriles is 1. The van der Waals surface area contributed by atoms with Gasteiger partial charge in [0.05, 0.1) is 18.1 Å². The number of methoxy groups -OCH3 is 1. The smallest absolute Gasteiger partial charge is 0.274 e. The van der Waals surface area contributed by atoms with Gasteiger partial charge in [-0.05, 0) is 0 Å². The zero-order valence-corrected chi connectivity index (χ0v) is 9.95. The normalized spacial score (nSPS) is 10.6. The first-order chi connectivity index (χ1) is 7.81. The van der Waals surface area contributed by atoms with Gasteiger partial charge in [0, 0.05) is 16.7 Å². The van der Waals surface area contributed by atoms with E-state index < -0.39 is 24.6 Å². The van der Waals surface area contributed by atoms with Crippen LogP contribution in [0.4, 0.5) is 5.69 Å². The van der Waals surface area contributed by atoms with Crippen molar-refractivity contribution < 1.29 is 18.1 Å².